The maximum atomic E-state index is 14.6. The normalized spacial score (nSPS) is 32.9. The van der Waals surface area contributed by atoms with E-state index in [0.29, 0.717) is 32.0 Å². The van der Waals surface area contributed by atoms with Crippen LogP contribution in [0.15, 0.2) is 18.2 Å². The number of nitrogens with zero attached hydrogens (tertiary/aromatic N) is 3. The number of hydrogen-bond donors (Lipinski definition) is 0. The minimum absolute atomic E-state index is 0.206. The molecule has 2 amide bonds. The number of fused-ring (bicyclic) bond motifs is 4. The Morgan fingerprint density at radius 1 is 0.952 bits per heavy atom. The fraction of sp³-hybridized carbons (Fsp3) is 0.758. The number of piperidine rings is 2. The van der Waals surface area contributed by atoms with E-state index in [0.717, 1.165) is 41.5 Å². The second-order valence-electron chi connectivity index (χ2n) is 15.9. The third kappa shape index (κ3) is 4.43. The first-order chi connectivity index (χ1) is 19.7. The van der Waals surface area contributed by atoms with Gasteiger partial charge in [-0.1, -0.05) is 12.1 Å². The van der Waals surface area contributed by atoms with E-state index in [9.17, 15) is 9.59 Å². The highest BCUT2D eigenvalue weighted by atomic mass is 16.7. The zero-order valence-corrected chi connectivity index (χ0v) is 26.6. The molecule has 2 aliphatic carbocycles. The Labute approximate surface area is 251 Å². The van der Waals surface area contributed by atoms with E-state index >= 15 is 0 Å². The molecule has 7 rings (SSSR count). The summed E-state index contributed by atoms with van der Waals surface area (Å²) in [4.78, 5) is 34.1. The van der Waals surface area contributed by atoms with E-state index in [1.807, 2.05) is 20.8 Å². The van der Waals surface area contributed by atoms with Gasteiger partial charge in [0.25, 0.3) is 0 Å². The van der Waals surface area contributed by atoms with E-state index in [1.165, 1.54) is 25.8 Å². The lowest BCUT2D eigenvalue weighted by molar-refractivity contribution is -0.126. The Bertz CT molecular complexity index is 1260. The summed E-state index contributed by atoms with van der Waals surface area (Å²) in [6.07, 6.45) is 7.09. The fourth-order valence-corrected chi connectivity index (χ4v) is 8.43. The molecular weight excluding hydrogens is 529 g/mol. The van der Waals surface area contributed by atoms with Crippen LogP contribution in [0.5, 0.6) is 0 Å². The van der Waals surface area contributed by atoms with Crippen molar-refractivity contribution in [2.45, 2.75) is 134 Å². The topological polar surface area (TPSA) is 71.6 Å². The van der Waals surface area contributed by atoms with Crippen molar-refractivity contribution in [1.29, 1.82) is 0 Å². The van der Waals surface area contributed by atoms with Gasteiger partial charge in [0.05, 0.1) is 16.6 Å². The van der Waals surface area contributed by atoms with Gasteiger partial charge in [0, 0.05) is 43.4 Å². The largest absolute Gasteiger partial charge is 0.494 e. The number of ether oxygens (including phenoxy) is 1. The Balaban J connectivity index is 1.16. The molecule has 1 spiro atoms. The molecule has 0 N–H and O–H groups in total. The van der Waals surface area contributed by atoms with Gasteiger partial charge in [-0.25, -0.2) is 4.79 Å². The molecule has 0 radical (unpaired) electrons. The molecule has 0 unspecified atom stereocenters. The first kappa shape index (κ1) is 28.7. The van der Waals surface area contributed by atoms with Crippen molar-refractivity contribution in [3.63, 3.8) is 0 Å². The summed E-state index contributed by atoms with van der Waals surface area (Å²) in [7, 11) is -0.475. The number of anilines is 1. The summed E-state index contributed by atoms with van der Waals surface area (Å²) in [5, 5.41) is 0. The van der Waals surface area contributed by atoms with Crippen molar-refractivity contribution >= 4 is 30.3 Å². The van der Waals surface area contributed by atoms with Crippen molar-refractivity contribution in [2.24, 2.45) is 5.92 Å². The van der Waals surface area contributed by atoms with E-state index in [2.05, 4.69) is 55.7 Å². The summed E-state index contributed by atoms with van der Waals surface area (Å²) < 4.78 is 18.5. The van der Waals surface area contributed by atoms with Gasteiger partial charge in [0.1, 0.15) is 5.60 Å². The first-order valence-corrected chi connectivity index (χ1v) is 16.2. The predicted molar refractivity (Wildman–Crippen MR) is 163 cm³/mol. The molecule has 1 aromatic carbocycles. The molecule has 8 nitrogen and oxygen atoms in total. The summed E-state index contributed by atoms with van der Waals surface area (Å²) in [5.74, 6) is 1.09. The van der Waals surface area contributed by atoms with Gasteiger partial charge >= 0.3 is 13.2 Å². The average Bonchev–Trinajstić information content (AvgIpc) is 3.61. The van der Waals surface area contributed by atoms with Crippen LogP contribution in [-0.2, 0) is 24.3 Å². The smallest absolute Gasteiger partial charge is 0.444 e. The number of rotatable bonds is 3. The van der Waals surface area contributed by atoms with Crippen LogP contribution < -0.4 is 10.4 Å². The molecule has 2 saturated carbocycles. The third-order valence-electron chi connectivity index (χ3n) is 11.6. The first-order valence-electron chi connectivity index (χ1n) is 16.2. The van der Waals surface area contributed by atoms with Crippen LogP contribution in [0.4, 0.5) is 10.5 Å². The quantitative estimate of drug-likeness (QED) is 0.489. The predicted octanol–water partition coefficient (Wildman–Crippen LogP) is 4.62. The van der Waals surface area contributed by atoms with Crippen LogP contribution >= 0.6 is 0 Å². The van der Waals surface area contributed by atoms with Crippen molar-refractivity contribution in [1.82, 2.24) is 9.80 Å². The molecule has 4 heterocycles. The van der Waals surface area contributed by atoms with Crippen molar-refractivity contribution in [3.05, 3.63) is 23.8 Å². The van der Waals surface area contributed by atoms with Crippen molar-refractivity contribution in [2.75, 3.05) is 24.5 Å². The SMILES string of the molecule is CC(C)(C)OC(=O)N1CCC2(CC1)C(=O)N(C1CC(N3C[C@H]4CC[C@@H]3C4)C1)c1cc(B3OC(C)(C)C(C)(C)O3)ccc12. The molecule has 5 fully saturated rings. The van der Waals surface area contributed by atoms with Gasteiger partial charge in [-0.3, -0.25) is 9.69 Å². The Hall–Kier alpha value is -2.10. The van der Waals surface area contributed by atoms with E-state index in [4.69, 9.17) is 14.0 Å². The summed E-state index contributed by atoms with van der Waals surface area (Å²) in [5.41, 5.74) is 1.06. The van der Waals surface area contributed by atoms with Crippen molar-refractivity contribution < 1.29 is 23.6 Å². The number of likely N-dealkylation sites (tertiary alicyclic amines) is 2. The van der Waals surface area contributed by atoms with Crippen LogP contribution in [0.25, 0.3) is 0 Å². The van der Waals surface area contributed by atoms with Gasteiger partial charge < -0.3 is 23.8 Å². The average molecular weight is 578 g/mol. The van der Waals surface area contributed by atoms with Gasteiger partial charge in [-0.05, 0) is 116 Å². The summed E-state index contributed by atoms with van der Waals surface area (Å²) in [6, 6.07) is 7.93. The maximum Gasteiger partial charge on any atom is 0.494 e. The van der Waals surface area contributed by atoms with Gasteiger partial charge in [0.15, 0.2) is 0 Å². The Kier molecular flexibility index (Phi) is 6.45. The summed E-state index contributed by atoms with van der Waals surface area (Å²) >= 11 is 0. The lowest BCUT2D eigenvalue weighted by atomic mass is 9.71. The lowest BCUT2D eigenvalue weighted by Crippen LogP contribution is -2.59. The molecular formula is C33H48BN3O5. The molecule has 42 heavy (non-hydrogen) atoms. The zero-order chi connectivity index (χ0) is 29.8. The highest BCUT2D eigenvalue weighted by Gasteiger charge is 2.58. The van der Waals surface area contributed by atoms with E-state index in [1.54, 1.807) is 4.90 Å². The number of amides is 2. The van der Waals surface area contributed by atoms with Crippen LogP contribution in [0.3, 0.4) is 0 Å². The molecule has 6 aliphatic rings. The molecule has 0 aromatic heterocycles. The Morgan fingerprint density at radius 3 is 2.19 bits per heavy atom. The highest BCUT2D eigenvalue weighted by molar-refractivity contribution is 6.62. The van der Waals surface area contributed by atoms with Crippen LogP contribution in [-0.4, -0.2) is 83.5 Å². The highest BCUT2D eigenvalue weighted by Crippen LogP contribution is 2.52. The molecule has 9 heteroatoms. The molecule has 228 valence electrons. The van der Waals surface area contributed by atoms with Crippen molar-refractivity contribution in [3.8, 4) is 0 Å². The molecule has 2 atom stereocenters. The van der Waals surface area contributed by atoms with Crippen LogP contribution in [0, 0.1) is 5.92 Å². The van der Waals surface area contributed by atoms with Gasteiger partial charge in [-0.2, -0.15) is 0 Å². The maximum absolute atomic E-state index is 14.6. The molecule has 2 bridgehead atoms. The fourth-order valence-electron chi connectivity index (χ4n) is 8.43. The lowest BCUT2D eigenvalue weighted by Gasteiger charge is -2.48. The molecule has 4 aliphatic heterocycles. The minimum atomic E-state index is -0.611. The second kappa shape index (κ2) is 9.45. The van der Waals surface area contributed by atoms with E-state index in [-0.39, 0.29) is 18.0 Å². The number of carbonyl (C=O) groups is 2. The molecule has 1 aromatic rings. The number of carbonyl (C=O) groups excluding carboxylic acids is 2. The van der Waals surface area contributed by atoms with Gasteiger partial charge in [-0.15, -0.1) is 0 Å². The molecule has 3 saturated heterocycles. The summed E-state index contributed by atoms with van der Waals surface area (Å²) in [6.45, 7) is 16.2. The van der Waals surface area contributed by atoms with Crippen LogP contribution in [0.2, 0.25) is 0 Å². The number of benzene rings is 1. The monoisotopic (exact) mass is 577 g/mol. The minimum Gasteiger partial charge on any atom is -0.444 e. The third-order valence-corrected chi connectivity index (χ3v) is 11.6. The Morgan fingerprint density at radius 2 is 1.62 bits per heavy atom. The standard InChI is InChI=1S/C33H48BN3O5/c1-30(2,3)40-29(39)35-14-12-33(13-15-35)26-11-9-22(34-41-31(4,5)32(6,7)42-34)17-27(26)37(28(33)38)25-18-24(19-25)36-20-21-8-10-23(36)16-21/h9,11,17,21,23-25H,8,10,12-16,18-20H2,1-7H3/t21-,23+,24?,25?/m0/s1. The van der Waals surface area contributed by atoms with Crippen LogP contribution in [0.1, 0.15) is 99.0 Å². The van der Waals surface area contributed by atoms with Gasteiger partial charge in [0.2, 0.25) is 5.91 Å². The second-order valence-corrected chi connectivity index (χ2v) is 15.9. The zero-order valence-electron chi connectivity index (χ0n) is 26.6. The number of hydrogen-bond acceptors (Lipinski definition) is 6. The van der Waals surface area contributed by atoms with E-state index < -0.39 is 29.3 Å².